The lowest BCUT2D eigenvalue weighted by Crippen LogP contribution is -2.25. The minimum atomic E-state index is -0.992. The SMILES string of the molecule is O=C(O)[C@H]1CC(=O)N(Cc2nc(-c3ccc(F)cc3)no2)C1. The minimum absolute atomic E-state index is 0.0196. The van der Waals surface area contributed by atoms with Gasteiger partial charge in [0.1, 0.15) is 12.4 Å². The van der Waals surface area contributed by atoms with Crippen molar-refractivity contribution < 1.29 is 23.6 Å². The number of likely N-dealkylation sites (tertiary alicyclic amines) is 1. The molecule has 1 fully saturated rings. The lowest BCUT2D eigenvalue weighted by molar-refractivity contribution is -0.141. The van der Waals surface area contributed by atoms with Crippen LogP contribution in [0.4, 0.5) is 4.39 Å². The number of hydrogen-bond acceptors (Lipinski definition) is 5. The molecule has 1 aliphatic rings. The average Bonchev–Trinajstić information content (AvgIpc) is 3.08. The minimum Gasteiger partial charge on any atom is -0.481 e. The summed E-state index contributed by atoms with van der Waals surface area (Å²) in [6.45, 7) is 0.194. The normalized spacial score (nSPS) is 18.0. The highest BCUT2D eigenvalue weighted by molar-refractivity contribution is 5.85. The first-order chi connectivity index (χ1) is 10.5. The van der Waals surface area contributed by atoms with E-state index < -0.39 is 11.9 Å². The molecular formula is C14H12FN3O4. The molecule has 1 aromatic carbocycles. The van der Waals surface area contributed by atoms with Crippen LogP contribution in [0.1, 0.15) is 12.3 Å². The smallest absolute Gasteiger partial charge is 0.308 e. The van der Waals surface area contributed by atoms with E-state index in [-0.39, 0.29) is 42.9 Å². The number of aliphatic carboxylic acids is 1. The van der Waals surface area contributed by atoms with E-state index in [4.69, 9.17) is 9.63 Å². The molecule has 0 spiro atoms. The summed E-state index contributed by atoms with van der Waals surface area (Å²) < 4.78 is 17.9. The Balaban J connectivity index is 1.71. The number of rotatable bonds is 4. The maximum atomic E-state index is 12.9. The molecule has 1 aromatic heterocycles. The number of carboxylic acid groups (broad SMARTS) is 1. The predicted octanol–water partition coefficient (Wildman–Crippen LogP) is 1.31. The standard InChI is InChI=1S/C14H12FN3O4/c15-10-3-1-8(2-4-10)13-16-11(22-17-13)7-18-6-9(14(20)21)5-12(18)19/h1-4,9H,5-7H2,(H,20,21)/t9-/m0/s1. The summed E-state index contributed by atoms with van der Waals surface area (Å²) in [6.07, 6.45) is -0.0196. The fourth-order valence-electron chi connectivity index (χ4n) is 2.29. The fourth-order valence-corrected chi connectivity index (χ4v) is 2.29. The molecule has 0 aliphatic carbocycles. The number of carbonyl (C=O) groups is 2. The van der Waals surface area contributed by atoms with Crippen molar-refractivity contribution in [3.05, 3.63) is 36.0 Å². The number of carboxylic acids is 1. The molecule has 1 aliphatic heterocycles. The molecule has 1 amide bonds. The van der Waals surface area contributed by atoms with Gasteiger partial charge < -0.3 is 14.5 Å². The number of nitrogens with zero attached hydrogens (tertiary/aromatic N) is 3. The first-order valence-corrected chi connectivity index (χ1v) is 6.62. The van der Waals surface area contributed by atoms with E-state index in [0.29, 0.717) is 5.56 Å². The molecule has 0 saturated carbocycles. The van der Waals surface area contributed by atoms with Crippen molar-refractivity contribution in [2.75, 3.05) is 6.54 Å². The van der Waals surface area contributed by atoms with E-state index in [9.17, 15) is 14.0 Å². The van der Waals surface area contributed by atoms with Gasteiger partial charge in [0.15, 0.2) is 0 Å². The third-order valence-electron chi connectivity index (χ3n) is 3.46. The Labute approximate surface area is 124 Å². The first-order valence-electron chi connectivity index (χ1n) is 6.62. The predicted molar refractivity (Wildman–Crippen MR) is 70.9 cm³/mol. The van der Waals surface area contributed by atoms with Crippen LogP contribution in [0.15, 0.2) is 28.8 Å². The van der Waals surface area contributed by atoms with Gasteiger partial charge in [-0.15, -0.1) is 0 Å². The molecule has 1 saturated heterocycles. The number of hydrogen-bond donors (Lipinski definition) is 1. The summed E-state index contributed by atoms with van der Waals surface area (Å²) in [5.74, 6) is -1.82. The Morgan fingerprint density at radius 3 is 2.77 bits per heavy atom. The third kappa shape index (κ3) is 2.80. The molecule has 2 heterocycles. The van der Waals surface area contributed by atoms with Crippen molar-refractivity contribution in [2.45, 2.75) is 13.0 Å². The molecule has 3 rings (SSSR count). The summed E-state index contributed by atoms with van der Waals surface area (Å²) in [7, 11) is 0. The Hall–Kier alpha value is -2.77. The zero-order valence-corrected chi connectivity index (χ0v) is 11.4. The van der Waals surface area contributed by atoms with Crippen LogP contribution in [0.5, 0.6) is 0 Å². The summed E-state index contributed by atoms with van der Waals surface area (Å²) in [5, 5.41) is 12.7. The van der Waals surface area contributed by atoms with Gasteiger partial charge in [0.2, 0.25) is 17.6 Å². The topological polar surface area (TPSA) is 96.5 Å². The largest absolute Gasteiger partial charge is 0.481 e. The summed E-state index contributed by atoms with van der Waals surface area (Å²) >= 11 is 0. The molecule has 1 N–H and O–H groups in total. The van der Waals surface area contributed by atoms with Crippen LogP contribution in [-0.2, 0) is 16.1 Å². The Morgan fingerprint density at radius 2 is 2.14 bits per heavy atom. The van der Waals surface area contributed by atoms with Crippen LogP contribution in [0.25, 0.3) is 11.4 Å². The molecule has 1 atom stereocenters. The van der Waals surface area contributed by atoms with Gasteiger partial charge in [-0.3, -0.25) is 9.59 Å². The van der Waals surface area contributed by atoms with E-state index in [0.717, 1.165) is 0 Å². The van der Waals surface area contributed by atoms with Crippen LogP contribution >= 0.6 is 0 Å². The van der Waals surface area contributed by atoms with E-state index >= 15 is 0 Å². The van der Waals surface area contributed by atoms with Crippen LogP contribution < -0.4 is 0 Å². The highest BCUT2D eigenvalue weighted by atomic mass is 19.1. The third-order valence-corrected chi connectivity index (χ3v) is 3.46. The zero-order chi connectivity index (χ0) is 15.7. The average molecular weight is 305 g/mol. The van der Waals surface area contributed by atoms with E-state index in [2.05, 4.69) is 10.1 Å². The monoisotopic (exact) mass is 305 g/mol. The van der Waals surface area contributed by atoms with Crippen molar-refractivity contribution in [1.29, 1.82) is 0 Å². The molecular weight excluding hydrogens is 293 g/mol. The summed E-state index contributed by atoms with van der Waals surface area (Å²) in [6, 6.07) is 5.61. The quantitative estimate of drug-likeness (QED) is 0.914. The van der Waals surface area contributed by atoms with E-state index in [1.807, 2.05) is 0 Å². The van der Waals surface area contributed by atoms with Gasteiger partial charge >= 0.3 is 5.97 Å². The Kier molecular flexibility index (Phi) is 3.58. The number of amides is 1. The molecule has 22 heavy (non-hydrogen) atoms. The van der Waals surface area contributed by atoms with Gasteiger partial charge in [-0.2, -0.15) is 4.98 Å². The summed E-state index contributed by atoms with van der Waals surface area (Å²) in [4.78, 5) is 28.2. The highest BCUT2D eigenvalue weighted by Crippen LogP contribution is 2.21. The van der Waals surface area contributed by atoms with Gasteiger partial charge in [-0.25, -0.2) is 4.39 Å². The molecule has 8 heteroatoms. The van der Waals surface area contributed by atoms with Crippen molar-refractivity contribution >= 4 is 11.9 Å². The van der Waals surface area contributed by atoms with Gasteiger partial charge in [-0.05, 0) is 24.3 Å². The number of benzene rings is 1. The second-order valence-electron chi connectivity index (χ2n) is 5.03. The summed E-state index contributed by atoms with van der Waals surface area (Å²) in [5.41, 5.74) is 0.590. The number of carbonyl (C=O) groups excluding carboxylic acids is 1. The fraction of sp³-hybridized carbons (Fsp3) is 0.286. The van der Waals surface area contributed by atoms with Crippen LogP contribution in [0.3, 0.4) is 0 Å². The lowest BCUT2D eigenvalue weighted by atomic mass is 10.1. The van der Waals surface area contributed by atoms with Crippen LogP contribution in [0, 0.1) is 11.7 Å². The second kappa shape index (κ2) is 5.55. The Morgan fingerprint density at radius 1 is 1.41 bits per heavy atom. The van der Waals surface area contributed by atoms with Crippen molar-refractivity contribution in [1.82, 2.24) is 15.0 Å². The van der Waals surface area contributed by atoms with Crippen molar-refractivity contribution in [2.24, 2.45) is 5.92 Å². The van der Waals surface area contributed by atoms with Crippen molar-refractivity contribution in [3.8, 4) is 11.4 Å². The molecule has 2 aromatic rings. The van der Waals surface area contributed by atoms with Crippen LogP contribution in [0.2, 0.25) is 0 Å². The Bertz CT molecular complexity index is 713. The highest BCUT2D eigenvalue weighted by Gasteiger charge is 2.35. The molecule has 114 valence electrons. The number of aromatic nitrogens is 2. The zero-order valence-electron chi connectivity index (χ0n) is 11.4. The number of halogens is 1. The molecule has 0 bridgehead atoms. The van der Waals surface area contributed by atoms with Crippen molar-refractivity contribution in [3.63, 3.8) is 0 Å². The van der Waals surface area contributed by atoms with Crippen LogP contribution in [-0.4, -0.2) is 38.6 Å². The second-order valence-corrected chi connectivity index (χ2v) is 5.03. The van der Waals surface area contributed by atoms with Gasteiger partial charge in [0, 0.05) is 18.5 Å². The van der Waals surface area contributed by atoms with Gasteiger partial charge in [0.05, 0.1) is 5.92 Å². The maximum absolute atomic E-state index is 12.9. The first kappa shape index (κ1) is 14.2. The molecule has 0 unspecified atom stereocenters. The van der Waals surface area contributed by atoms with Gasteiger partial charge in [0.25, 0.3) is 0 Å². The van der Waals surface area contributed by atoms with E-state index in [1.54, 1.807) is 0 Å². The van der Waals surface area contributed by atoms with E-state index in [1.165, 1.54) is 29.2 Å². The lowest BCUT2D eigenvalue weighted by Gasteiger charge is -2.12. The maximum Gasteiger partial charge on any atom is 0.308 e. The molecule has 7 nitrogen and oxygen atoms in total. The van der Waals surface area contributed by atoms with Gasteiger partial charge in [-0.1, -0.05) is 5.16 Å². The molecule has 0 radical (unpaired) electrons.